The van der Waals surface area contributed by atoms with Crippen LogP contribution in [-0.4, -0.2) is 59.5 Å². The fourth-order valence-electron chi connectivity index (χ4n) is 3.45. The number of hydrogen-bond donors (Lipinski definition) is 3. The summed E-state index contributed by atoms with van der Waals surface area (Å²) in [5, 5.41) is 14.6. The predicted molar refractivity (Wildman–Crippen MR) is 100 cm³/mol. The molecular formula is C20H27N3O4. The van der Waals surface area contributed by atoms with Gasteiger partial charge < -0.3 is 15.7 Å². The Morgan fingerprint density at radius 1 is 1.07 bits per heavy atom. The highest BCUT2D eigenvalue weighted by Gasteiger charge is 2.37. The molecule has 0 bridgehead atoms. The van der Waals surface area contributed by atoms with Gasteiger partial charge in [0.25, 0.3) is 0 Å². The SMILES string of the molecule is O=C(O)CN(CC1CC1)C1CC(NC(=O)CNC(=O)Cc2ccccc2)C1. The molecule has 0 aliphatic heterocycles. The molecule has 0 spiro atoms. The zero-order valence-electron chi connectivity index (χ0n) is 15.4. The van der Waals surface area contributed by atoms with Gasteiger partial charge in [0.05, 0.1) is 19.5 Å². The third kappa shape index (κ3) is 6.36. The van der Waals surface area contributed by atoms with E-state index in [1.165, 1.54) is 12.8 Å². The molecule has 146 valence electrons. The van der Waals surface area contributed by atoms with Crippen molar-refractivity contribution in [1.29, 1.82) is 0 Å². The summed E-state index contributed by atoms with van der Waals surface area (Å²) in [6.45, 7) is 0.873. The molecule has 2 saturated carbocycles. The largest absolute Gasteiger partial charge is 0.480 e. The van der Waals surface area contributed by atoms with E-state index < -0.39 is 5.97 Å². The third-order valence-corrected chi connectivity index (χ3v) is 5.18. The van der Waals surface area contributed by atoms with Gasteiger partial charge in [-0.3, -0.25) is 19.3 Å². The molecule has 2 fully saturated rings. The molecule has 0 radical (unpaired) electrons. The monoisotopic (exact) mass is 373 g/mol. The number of benzene rings is 1. The smallest absolute Gasteiger partial charge is 0.317 e. The lowest BCUT2D eigenvalue weighted by molar-refractivity contribution is -0.140. The zero-order valence-corrected chi connectivity index (χ0v) is 15.4. The number of nitrogens with zero attached hydrogens (tertiary/aromatic N) is 1. The summed E-state index contributed by atoms with van der Waals surface area (Å²) in [5.41, 5.74) is 0.909. The van der Waals surface area contributed by atoms with Gasteiger partial charge in [0.2, 0.25) is 11.8 Å². The molecule has 3 N–H and O–H groups in total. The molecule has 0 atom stereocenters. The molecule has 1 aromatic rings. The maximum atomic E-state index is 12.0. The molecule has 1 aromatic carbocycles. The summed E-state index contributed by atoms with van der Waals surface area (Å²) in [4.78, 5) is 37.0. The van der Waals surface area contributed by atoms with Crippen molar-refractivity contribution in [2.45, 2.75) is 44.2 Å². The fraction of sp³-hybridized carbons (Fsp3) is 0.550. The van der Waals surface area contributed by atoms with Gasteiger partial charge in [0, 0.05) is 18.6 Å². The highest BCUT2D eigenvalue weighted by Crippen LogP contribution is 2.33. The lowest BCUT2D eigenvalue weighted by atomic mass is 9.85. The Kier molecular flexibility index (Phi) is 6.45. The van der Waals surface area contributed by atoms with Crippen molar-refractivity contribution in [3.8, 4) is 0 Å². The van der Waals surface area contributed by atoms with Crippen LogP contribution in [0.1, 0.15) is 31.2 Å². The Morgan fingerprint density at radius 2 is 1.78 bits per heavy atom. The van der Waals surface area contributed by atoms with E-state index >= 15 is 0 Å². The van der Waals surface area contributed by atoms with Gasteiger partial charge >= 0.3 is 5.97 Å². The van der Waals surface area contributed by atoms with E-state index in [-0.39, 0.29) is 43.4 Å². The summed E-state index contributed by atoms with van der Waals surface area (Å²) >= 11 is 0. The average molecular weight is 373 g/mol. The minimum absolute atomic E-state index is 0.0340. The number of amides is 2. The van der Waals surface area contributed by atoms with Crippen LogP contribution in [0.15, 0.2) is 30.3 Å². The average Bonchev–Trinajstić information content (AvgIpc) is 3.40. The van der Waals surface area contributed by atoms with Crippen molar-refractivity contribution in [2.75, 3.05) is 19.6 Å². The fourth-order valence-corrected chi connectivity index (χ4v) is 3.45. The molecule has 7 heteroatoms. The van der Waals surface area contributed by atoms with Crippen LogP contribution >= 0.6 is 0 Å². The van der Waals surface area contributed by atoms with Crippen molar-refractivity contribution >= 4 is 17.8 Å². The van der Waals surface area contributed by atoms with Gasteiger partial charge in [-0.1, -0.05) is 30.3 Å². The summed E-state index contributed by atoms with van der Waals surface area (Å²) in [6, 6.07) is 9.67. The van der Waals surface area contributed by atoms with Crippen LogP contribution in [0.3, 0.4) is 0 Å². The van der Waals surface area contributed by atoms with Crippen LogP contribution in [-0.2, 0) is 20.8 Å². The number of nitrogens with one attached hydrogen (secondary N) is 2. The van der Waals surface area contributed by atoms with E-state index in [2.05, 4.69) is 10.6 Å². The van der Waals surface area contributed by atoms with Crippen molar-refractivity contribution < 1.29 is 19.5 Å². The molecule has 0 saturated heterocycles. The lowest BCUT2D eigenvalue weighted by Gasteiger charge is -2.42. The van der Waals surface area contributed by atoms with Crippen LogP contribution in [0.2, 0.25) is 0 Å². The molecule has 3 rings (SSSR count). The summed E-state index contributed by atoms with van der Waals surface area (Å²) in [6.07, 6.45) is 4.16. The van der Waals surface area contributed by atoms with E-state index in [0.29, 0.717) is 5.92 Å². The zero-order chi connectivity index (χ0) is 19.2. The van der Waals surface area contributed by atoms with Gasteiger partial charge in [-0.05, 0) is 37.2 Å². The predicted octanol–water partition coefficient (Wildman–Crippen LogP) is 0.789. The number of carbonyl (C=O) groups is 3. The van der Waals surface area contributed by atoms with E-state index in [9.17, 15) is 14.4 Å². The Balaban J connectivity index is 1.33. The van der Waals surface area contributed by atoms with Crippen molar-refractivity contribution in [1.82, 2.24) is 15.5 Å². The van der Waals surface area contributed by atoms with Crippen LogP contribution in [0.25, 0.3) is 0 Å². The standard InChI is InChI=1S/C20H27N3O4/c24-18(8-14-4-2-1-3-5-14)21-11-19(25)22-16-9-17(10-16)23(13-20(26)27)12-15-6-7-15/h1-5,15-17H,6-13H2,(H,21,24)(H,22,25)(H,26,27). The van der Waals surface area contributed by atoms with E-state index in [0.717, 1.165) is 24.9 Å². The summed E-state index contributed by atoms with van der Waals surface area (Å²) in [7, 11) is 0. The minimum Gasteiger partial charge on any atom is -0.480 e. The lowest BCUT2D eigenvalue weighted by Crippen LogP contribution is -2.56. The molecule has 27 heavy (non-hydrogen) atoms. The second-order valence-corrected chi connectivity index (χ2v) is 7.60. The molecule has 2 aliphatic rings. The molecule has 2 amide bonds. The molecule has 0 aromatic heterocycles. The van der Waals surface area contributed by atoms with Gasteiger partial charge in [-0.25, -0.2) is 0 Å². The highest BCUT2D eigenvalue weighted by atomic mass is 16.4. The number of aliphatic carboxylic acids is 1. The number of carboxylic acid groups (broad SMARTS) is 1. The number of carbonyl (C=O) groups excluding carboxylic acids is 2. The van der Waals surface area contributed by atoms with Crippen LogP contribution in [0, 0.1) is 5.92 Å². The summed E-state index contributed by atoms with van der Waals surface area (Å²) < 4.78 is 0. The van der Waals surface area contributed by atoms with Crippen molar-refractivity contribution in [2.24, 2.45) is 5.92 Å². The van der Waals surface area contributed by atoms with Gasteiger partial charge in [0.15, 0.2) is 0 Å². The third-order valence-electron chi connectivity index (χ3n) is 5.18. The van der Waals surface area contributed by atoms with Crippen LogP contribution in [0.4, 0.5) is 0 Å². The topological polar surface area (TPSA) is 98.7 Å². The first-order valence-corrected chi connectivity index (χ1v) is 9.55. The highest BCUT2D eigenvalue weighted by molar-refractivity contribution is 5.85. The maximum Gasteiger partial charge on any atom is 0.317 e. The van der Waals surface area contributed by atoms with E-state index in [4.69, 9.17) is 5.11 Å². The first-order valence-electron chi connectivity index (χ1n) is 9.55. The first-order chi connectivity index (χ1) is 13.0. The van der Waals surface area contributed by atoms with E-state index in [1.54, 1.807) is 0 Å². The van der Waals surface area contributed by atoms with Gasteiger partial charge in [-0.15, -0.1) is 0 Å². The van der Waals surface area contributed by atoms with Crippen LogP contribution in [0.5, 0.6) is 0 Å². The Bertz CT molecular complexity index is 669. The molecule has 0 heterocycles. The molecular weight excluding hydrogens is 346 g/mol. The molecule has 0 unspecified atom stereocenters. The second kappa shape index (κ2) is 8.99. The number of hydrogen-bond acceptors (Lipinski definition) is 4. The van der Waals surface area contributed by atoms with Gasteiger partial charge in [0.1, 0.15) is 0 Å². The number of rotatable bonds is 10. The maximum absolute atomic E-state index is 12.0. The minimum atomic E-state index is -0.802. The van der Waals surface area contributed by atoms with E-state index in [1.807, 2.05) is 35.2 Å². The molecule has 7 nitrogen and oxygen atoms in total. The molecule has 2 aliphatic carbocycles. The Morgan fingerprint density at radius 3 is 2.41 bits per heavy atom. The number of carboxylic acids is 1. The van der Waals surface area contributed by atoms with Gasteiger partial charge in [-0.2, -0.15) is 0 Å². The van der Waals surface area contributed by atoms with Crippen molar-refractivity contribution in [3.63, 3.8) is 0 Å². The second-order valence-electron chi connectivity index (χ2n) is 7.60. The Labute approximate surface area is 159 Å². The Hall–Kier alpha value is -2.41. The van der Waals surface area contributed by atoms with Crippen molar-refractivity contribution in [3.05, 3.63) is 35.9 Å². The quantitative estimate of drug-likeness (QED) is 0.563. The first kappa shape index (κ1) is 19.4. The van der Waals surface area contributed by atoms with Crippen LogP contribution < -0.4 is 10.6 Å². The normalized spacial score (nSPS) is 21.4. The summed E-state index contributed by atoms with van der Waals surface area (Å²) in [5.74, 6) is -0.547.